The number of rotatable bonds is 3. The van der Waals surface area contributed by atoms with Crippen LogP contribution in [0.5, 0.6) is 0 Å². The van der Waals surface area contributed by atoms with Gasteiger partial charge in [-0.05, 0) is 12.1 Å². The van der Waals surface area contributed by atoms with Gasteiger partial charge in [0, 0.05) is 49.8 Å². The second kappa shape index (κ2) is 6.93. The van der Waals surface area contributed by atoms with Gasteiger partial charge in [0.25, 0.3) is 0 Å². The highest BCUT2D eigenvalue weighted by Crippen LogP contribution is 2.35. The first-order valence-electron chi connectivity index (χ1n) is 9.53. The van der Waals surface area contributed by atoms with Crippen LogP contribution in [0.3, 0.4) is 0 Å². The molecule has 0 spiro atoms. The summed E-state index contributed by atoms with van der Waals surface area (Å²) in [6, 6.07) is 16.0. The zero-order valence-electron chi connectivity index (χ0n) is 15.4. The molecule has 2 saturated heterocycles. The average molecular weight is 368 g/mol. The molecule has 3 aromatic rings. The molecule has 2 aliphatic rings. The number of nitriles is 1. The van der Waals surface area contributed by atoms with E-state index in [-0.39, 0.29) is 0 Å². The van der Waals surface area contributed by atoms with Crippen LogP contribution in [0.1, 0.15) is 5.56 Å². The Hall–Kier alpha value is -3.46. The summed E-state index contributed by atoms with van der Waals surface area (Å²) in [6.45, 7) is 3.98. The van der Waals surface area contributed by atoms with Gasteiger partial charge in [0.15, 0.2) is 0 Å². The number of benzene rings is 1. The summed E-state index contributed by atoms with van der Waals surface area (Å²) in [5.41, 5.74) is 2.60. The van der Waals surface area contributed by atoms with Crippen molar-refractivity contribution in [2.45, 2.75) is 0 Å². The fourth-order valence-corrected chi connectivity index (χ4v) is 4.25. The zero-order chi connectivity index (χ0) is 18.9. The van der Waals surface area contributed by atoms with Gasteiger partial charge >= 0.3 is 0 Å². The van der Waals surface area contributed by atoms with Crippen molar-refractivity contribution in [1.82, 2.24) is 15.0 Å². The SMILES string of the molecule is N#Cc1ccc(N2CC3CN(c4cnc(-c5ccccc5)cn4)CC3C2)nc1. The number of anilines is 2. The third kappa shape index (κ3) is 3.05. The van der Waals surface area contributed by atoms with Crippen molar-refractivity contribution in [1.29, 1.82) is 5.26 Å². The first kappa shape index (κ1) is 16.7. The summed E-state index contributed by atoms with van der Waals surface area (Å²) >= 11 is 0. The molecule has 28 heavy (non-hydrogen) atoms. The lowest BCUT2D eigenvalue weighted by atomic mass is 10.0. The maximum absolute atomic E-state index is 8.92. The highest BCUT2D eigenvalue weighted by Gasteiger charge is 2.40. The van der Waals surface area contributed by atoms with E-state index in [1.54, 1.807) is 6.20 Å². The van der Waals surface area contributed by atoms with E-state index in [0.717, 1.165) is 49.1 Å². The van der Waals surface area contributed by atoms with Crippen LogP contribution in [-0.2, 0) is 0 Å². The van der Waals surface area contributed by atoms with Crippen LogP contribution in [0.2, 0.25) is 0 Å². The van der Waals surface area contributed by atoms with Gasteiger partial charge < -0.3 is 9.80 Å². The molecule has 0 amide bonds. The molecule has 0 N–H and O–H groups in total. The summed E-state index contributed by atoms with van der Waals surface area (Å²) in [5, 5.41) is 8.92. The highest BCUT2D eigenvalue weighted by atomic mass is 15.3. The van der Waals surface area contributed by atoms with Gasteiger partial charge in [-0.1, -0.05) is 30.3 Å². The first-order valence-corrected chi connectivity index (χ1v) is 9.53. The minimum absolute atomic E-state index is 0.604. The lowest BCUT2D eigenvalue weighted by Gasteiger charge is -2.23. The molecule has 2 aromatic heterocycles. The number of nitrogens with zero attached hydrogens (tertiary/aromatic N) is 6. The molecule has 0 radical (unpaired) electrons. The van der Waals surface area contributed by atoms with Crippen molar-refractivity contribution in [2.75, 3.05) is 36.0 Å². The number of fused-ring (bicyclic) bond motifs is 1. The second-order valence-electron chi connectivity index (χ2n) is 7.47. The van der Waals surface area contributed by atoms with Crippen molar-refractivity contribution in [3.8, 4) is 17.3 Å². The molecule has 6 nitrogen and oxygen atoms in total. The Morgan fingerprint density at radius 2 is 1.43 bits per heavy atom. The Morgan fingerprint density at radius 1 is 0.750 bits per heavy atom. The van der Waals surface area contributed by atoms with E-state index in [1.165, 1.54) is 0 Å². The largest absolute Gasteiger partial charge is 0.356 e. The fraction of sp³-hybridized carbons (Fsp3) is 0.273. The van der Waals surface area contributed by atoms with Gasteiger partial charge in [-0.25, -0.2) is 9.97 Å². The summed E-state index contributed by atoms with van der Waals surface area (Å²) in [5.74, 6) is 3.13. The topological polar surface area (TPSA) is 68.9 Å². The molecule has 4 heterocycles. The van der Waals surface area contributed by atoms with E-state index in [1.807, 2.05) is 42.7 Å². The lowest BCUT2D eigenvalue weighted by molar-refractivity contribution is 0.533. The van der Waals surface area contributed by atoms with E-state index in [4.69, 9.17) is 5.26 Å². The molecule has 2 fully saturated rings. The van der Waals surface area contributed by atoms with E-state index in [9.17, 15) is 0 Å². The van der Waals surface area contributed by atoms with Crippen LogP contribution in [0.15, 0.2) is 61.1 Å². The summed E-state index contributed by atoms with van der Waals surface area (Å²) in [6.07, 6.45) is 5.41. The number of hydrogen-bond acceptors (Lipinski definition) is 6. The van der Waals surface area contributed by atoms with Gasteiger partial charge in [-0.2, -0.15) is 5.26 Å². The molecule has 0 bridgehead atoms. The molecule has 0 aliphatic carbocycles. The maximum Gasteiger partial charge on any atom is 0.147 e. The fourth-order valence-electron chi connectivity index (χ4n) is 4.25. The normalized spacial score (nSPS) is 20.8. The Balaban J connectivity index is 1.25. The van der Waals surface area contributed by atoms with Crippen LogP contribution in [0, 0.1) is 23.2 Å². The minimum Gasteiger partial charge on any atom is -0.356 e. The summed E-state index contributed by atoms with van der Waals surface area (Å²) in [4.78, 5) is 18.4. The van der Waals surface area contributed by atoms with Crippen LogP contribution in [-0.4, -0.2) is 41.1 Å². The van der Waals surface area contributed by atoms with Crippen LogP contribution in [0.25, 0.3) is 11.3 Å². The number of aromatic nitrogens is 3. The van der Waals surface area contributed by atoms with Crippen molar-refractivity contribution < 1.29 is 0 Å². The molecule has 6 heteroatoms. The van der Waals surface area contributed by atoms with Gasteiger partial charge in [0.1, 0.15) is 17.7 Å². The van der Waals surface area contributed by atoms with Crippen molar-refractivity contribution in [2.24, 2.45) is 11.8 Å². The van der Waals surface area contributed by atoms with Gasteiger partial charge in [-0.15, -0.1) is 0 Å². The highest BCUT2D eigenvalue weighted by molar-refractivity contribution is 5.58. The molecular weight excluding hydrogens is 348 g/mol. The summed E-state index contributed by atoms with van der Waals surface area (Å²) < 4.78 is 0. The molecule has 2 unspecified atom stereocenters. The second-order valence-corrected chi connectivity index (χ2v) is 7.47. The summed E-state index contributed by atoms with van der Waals surface area (Å²) in [7, 11) is 0. The lowest BCUT2D eigenvalue weighted by Crippen LogP contribution is -2.29. The molecular formula is C22H20N6. The minimum atomic E-state index is 0.604. The van der Waals surface area contributed by atoms with Crippen molar-refractivity contribution >= 4 is 11.6 Å². The smallest absolute Gasteiger partial charge is 0.147 e. The maximum atomic E-state index is 8.92. The number of pyridine rings is 1. The van der Waals surface area contributed by atoms with Crippen molar-refractivity contribution in [3.63, 3.8) is 0 Å². The Labute approximate surface area is 164 Å². The molecule has 1 aromatic carbocycles. The van der Waals surface area contributed by atoms with Gasteiger partial charge in [0.2, 0.25) is 0 Å². The average Bonchev–Trinajstić information content (AvgIpc) is 3.34. The van der Waals surface area contributed by atoms with Crippen LogP contribution >= 0.6 is 0 Å². The predicted octanol–water partition coefficient (Wildman–Crippen LogP) is 2.98. The van der Waals surface area contributed by atoms with Gasteiger partial charge in [0.05, 0.1) is 23.7 Å². The van der Waals surface area contributed by atoms with Crippen LogP contribution < -0.4 is 9.80 Å². The zero-order valence-corrected chi connectivity index (χ0v) is 15.4. The van der Waals surface area contributed by atoms with E-state index in [0.29, 0.717) is 17.4 Å². The molecule has 2 aliphatic heterocycles. The first-order chi connectivity index (χ1) is 13.8. The number of hydrogen-bond donors (Lipinski definition) is 0. The predicted molar refractivity (Wildman–Crippen MR) is 108 cm³/mol. The quantitative estimate of drug-likeness (QED) is 0.708. The van der Waals surface area contributed by atoms with Crippen LogP contribution in [0.4, 0.5) is 11.6 Å². The third-order valence-corrected chi connectivity index (χ3v) is 5.72. The molecule has 2 atom stereocenters. The molecule has 138 valence electrons. The van der Waals surface area contributed by atoms with E-state index >= 15 is 0 Å². The Bertz CT molecular complexity index is 980. The Kier molecular flexibility index (Phi) is 4.13. The molecule has 5 rings (SSSR count). The Morgan fingerprint density at radius 3 is 2.00 bits per heavy atom. The van der Waals surface area contributed by atoms with Crippen molar-refractivity contribution in [3.05, 3.63) is 66.6 Å². The van der Waals surface area contributed by atoms with E-state index in [2.05, 4.69) is 43.0 Å². The molecule has 0 saturated carbocycles. The standard InChI is InChI=1S/C22H20N6/c23-8-16-6-7-21(25-9-16)27-12-18-14-28(15-19(18)13-27)22-11-24-20(10-26-22)17-4-2-1-3-5-17/h1-7,9-11,18-19H,12-15H2. The third-order valence-electron chi connectivity index (χ3n) is 5.72. The van der Waals surface area contributed by atoms with Gasteiger partial charge in [-0.3, -0.25) is 4.98 Å². The van der Waals surface area contributed by atoms with E-state index < -0.39 is 0 Å². The monoisotopic (exact) mass is 368 g/mol.